The van der Waals surface area contributed by atoms with Crippen molar-refractivity contribution in [3.05, 3.63) is 38.3 Å². The molecule has 110 valence electrons. The minimum atomic E-state index is -0.743. The van der Waals surface area contributed by atoms with E-state index in [1.165, 1.54) is 17.0 Å². The normalized spacial score (nSPS) is 10.3. The standard InChI is InChI=1S/C13H19N3O4/c1-4-5-8-14(3)12(17)9-15-10(2)6-7-11(13(15)18)16(19)20/h6-7H,4-5,8-9H2,1-3H3. The third-order valence-corrected chi connectivity index (χ3v) is 3.14. The van der Waals surface area contributed by atoms with Crippen molar-refractivity contribution in [3.8, 4) is 0 Å². The summed E-state index contributed by atoms with van der Waals surface area (Å²) in [5, 5.41) is 10.7. The van der Waals surface area contributed by atoms with E-state index < -0.39 is 16.2 Å². The van der Waals surface area contributed by atoms with E-state index in [1.807, 2.05) is 6.92 Å². The van der Waals surface area contributed by atoms with Gasteiger partial charge in [-0.2, -0.15) is 0 Å². The Labute approximate surface area is 117 Å². The molecule has 0 unspecified atom stereocenters. The van der Waals surface area contributed by atoms with Gasteiger partial charge in [0.15, 0.2) is 0 Å². The first kappa shape index (κ1) is 15.9. The van der Waals surface area contributed by atoms with Gasteiger partial charge in [-0.3, -0.25) is 24.3 Å². The van der Waals surface area contributed by atoms with Crippen LogP contribution in [0.2, 0.25) is 0 Å². The fourth-order valence-corrected chi connectivity index (χ4v) is 1.77. The number of hydrogen-bond donors (Lipinski definition) is 0. The number of amides is 1. The van der Waals surface area contributed by atoms with Crippen LogP contribution in [-0.4, -0.2) is 33.9 Å². The zero-order chi connectivity index (χ0) is 15.3. The van der Waals surface area contributed by atoms with E-state index in [0.29, 0.717) is 12.2 Å². The molecular weight excluding hydrogens is 262 g/mol. The summed E-state index contributed by atoms with van der Waals surface area (Å²) in [4.78, 5) is 35.5. The zero-order valence-electron chi connectivity index (χ0n) is 12.0. The van der Waals surface area contributed by atoms with E-state index in [9.17, 15) is 19.7 Å². The molecular formula is C13H19N3O4. The van der Waals surface area contributed by atoms with Crippen LogP contribution < -0.4 is 5.56 Å². The molecule has 0 fully saturated rings. The second-order valence-corrected chi connectivity index (χ2v) is 4.68. The van der Waals surface area contributed by atoms with E-state index in [2.05, 4.69) is 0 Å². The van der Waals surface area contributed by atoms with Gasteiger partial charge in [-0.05, 0) is 19.4 Å². The van der Waals surface area contributed by atoms with Crippen molar-refractivity contribution in [1.82, 2.24) is 9.47 Å². The lowest BCUT2D eigenvalue weighted by atomic mass is 10.3. The Balaban J connectivity index is 2.98. The van der Waals surface area contributed by atoms with Gasteiger partial charge >= 0.3 is 11.2 Å². The second-order valence-electron chi connectivity index (χ2n) is 4.68. The molecule has 1 aromatic heterocycles. The Bertz CT molecular complexity index is 565. The number of hydrogen-bond acceptors (Lipinski definition) is 4. The summed E-state index contributed by atoms with van der Waals surface area (Å²) in [5.41, 5.74) is -0.732. The van der Waals surface area contributed by atoms with E-state index in [0.717, 1.165) is 17.4 Å². The fourth-order valence-electron chi connectivity index (χ4n) is 1.77. The summed E-state index contributed by atoms with van der Waals surface area (Å²) in [7, 11) is 1.66. The predicted octanol–water partition coefficient (Wildman–Crippen LogP) is 1.32. The summed E-state index contributed by atoms with van der Waals surface area (Å²) < 4.78 is 1.14. The average molecular weight is 281 g/mol. The molecule has 0 saturated heterocycles. The van der Waals surface area contributed by atoms with Crippen LogP contribution in [0.4, 0.5) is 5.69 Å². The van der Waals surface area contributed by atoms with Crippen LogP contribution in [0, 0.1) is 17.0 Å². The monoisotopic (exact) mass is 281 g/mol. The zero-order valence-corrected chi connectivity index (χ0v) is 12.0. The number of carbonyl (C=O) groups excluding carboxylic acids is 1. The van der Waals surface area contributed by atoms with Crippen molar-refractivity contribution >= 4 is 11.6 Å². The van der Waals surface area contributed by atoms with Crippen molar-refractivity contribution < 1.29 is 9.72 Å². The lowest BCUT2D eigenvalue weighted by Gasteiger charge is -2.18. The Morgan fingerprint density at radius 3 is 2.65 bits per heavy atom. The average Bonchev–Trinajstić information content (AvgIpc) is 2.39. The minimum Gasteiger partial charge on any atom is -0.344 e. The molecule has 0 spiro atoms. The first-order valence-corrected chi connectivity index (χ1v) is 6.47. The predicted molar refractivity (Wildman–Crippen MR) is 74.6 cm³/mol. The first-order chi connectivity index (χ1) is 9.38. The fraction of sp³-hybridized carbons (Fsp3) is 0.538. The van der Waals surface area contributed by atoms with Gasteiger partial charge in [0.05, 0.1) is 4.92 Å². The molecule has 1 aromatic rings. The molecule has 0 aliphatic rings. The maximum Gasteiger partial charge on any atom is 0.334 e. The lowest BCUT2D eigenvalue weighted by molar-refractivity contribution is -0.386. The number of likely N-dealkylation sites (N-methyl/N-ethyl adjacent to an activating group) is 1. The van der Waals surface area contributed by atoms with Gasteiger partial charge in [0.25, 0.3) is 0 Å². The highest BCUT2D eigenvalue weighted by molar-refractivity contribution is 5.75. The molecule has 0 atom stereocenters. The molecule has 0 aliphatic heterocycles. The van der Waals surface area contributed by atoms with Crippen LogP contribution in [0.3, 0.4) is 0 Å². The SMILES string of the molecule is CCCCN(C)C(=O)Cn1c(C)ccc([N+](=O)[O-])c1=O. The number of rotatable bonds is 6. The van der Waals surface area contributed by atoms with E-state index >= 15 is 0 Å². The maximum absolute atomic E-state index is 12.0. The van der Waals surface area contributed by atoms with Gasteiger partial charge in [-0.25, -0.2) is 0 Å². The van der Waals surface area contributed by atoms with Crippen molar-refractivity contribution in [2.75, 3.05) is 13.6 Å². The molecule has 7 nitrogen and oxygen atoms in total. The van der Waals surface area contributed by atoms with E-state index in [4.69, 9.17) is 0 Å². The van der Waals surface area contributed by atoms with Crippen molar-refractivity contribution in [3.63, 3.8) is 0 Å². The summed E-state index contributed by atoms with van der Waals surface area (Å²) in [6, 6.07) is 2.64. The highest BCUT2D eigenvalue weighted by atomic mass is 16.6. The Kier molecular flexibility index (Phi) is 5.42. The van der Waals surface area contributed by atoms with Gasteiger partial charge < -0.3 is 4.90 Å². The van der Waals surface area contributed by atoms with Gasteiger partial charge in [-0.1, -0.05) is 13.3 Å². The largest absolute Gasteiger partial charge is 0.344 e. The van der Waals surface area contributed by atoms with Crippen LogP contribution >= 0.6 is 0 Å². The summed E-state index contributed by atoms with van der Waals surface area (Å²) >= 11 is 0. The van der Waals surface area contributed by atoms with Crippen LogP contribution in [0.25, 0.3) is 0 Å². The number of nitrogens with zero attached hydrogens (tertiary/aromatic N) is 3. The van der Waals surface area contributed by atoms with Gasteiger partial charge in [0, 0.05) is 25.4 Å². The molecule has 0 bridgehead atoms. The molecule has 0 aliphatic carbocycles. The molecule has 0 aromatic carbocycles. The number of aromatic nitrogens is 1. The number of carbonyl (C=O) groups is 1. The molecule has 0 saturated carbocycles. The molecule has 1 amide bonds. The summed E-state index contributed by atoms with van der Waals surface area (Å²) in [6.45, 7) is 4.10. The Hall–Kier alpha value is -2.18. The summed E-state index contributed by atoms with van der Waals surface area (Å²) in [6.07, 6.45) is 1.85. The number of nitro groups is 1. The molecule has 1 rings (SSSR count). The third kappa shape index (κ3) is 3.66. The quantitative estimate of drug-likeness (QED) is 0.581. The smallest absolute Gasteiger partial charge is 0.334 e. The van der Waals surface area contributed by atoms with Crippen molar-refractivity contribution in [2.45, 2.75) is 33.2 Å². The number of pyridine rings is 1. The van der Waals surface area contributed by atoms with Crippen LogP contribution in [0.5, 0.6) is 0 Å². The third-order valence-electron chi connectivity index (χ3n) is 3.14. The van der Waals surface area contributed by atoms with Crippen LogP contribution in [-0.2, 0) is 11.3 Å². The van der Waals surface area contributed by atoms with Crippen LogP contribution in [0.15, 0.2) is 16.9 Å². The molecule has 1 heterocycles. The maximum atomic E-state index is 12.0. The number of aryl methyl sites for hydroxylation is 1. The van der Waals surface area contributed by atoms with Gasteiger partial charge in [-0.15, -0.1) is 0 Å². The van der Waals surface area contributed by atoms with Crippen molar-refractivity contribution in [1.29, 1.82) is 0 Å². The van der Waals surface area contributed by atoms with E-state index in [-0.39, 0.29) is 12.5 Å². The highest BCUT2D eigenvalue weighted by Gasteiger charge is 2.18. The molecule has 0 radical (unpaired) electrons. The summed E-state index contributed by atoms with van der Waals surface area (Å²) in [5.74, 6) is -0.232. The second kappa shape index (κ2) is 6.83. The molecule has 7 heteroatoms. The Morgan fingerprint density at radius 2 is 2.10 bits per heavy atom. The van der Waals surface area contributed by atoms with E-state index in [1.54, 1.807) is 14.0 Å². The highest BCUT2D eigenvalue weighted by Crippen LogP contribution is 2.06. The van der Waals surface area contributed by atoms with Crippen LogP contribution in [0.1, 0.15) is 25.5 Å². The van der Waals surface area contributed by atoms with Crippen molar-refractivity contribution in [2.24, 2.45) is 0 Å². The minimum absolute atomic E-state index is 0.174. The van der Waals surface area contributed by atoms with Gasteiger partial charge in [0.2, 0.25) is 5.91 Å². The molecule has 0 N–H and O–H groups in total. The number of unbranched alkanes of at least 4 members (excludes halogenated alkanes) is 1. The topological polar surface area (TPSA) is 85.4 Å². The lowest BCUT2D eigenvalue weighted by Crippen LogP contribution is -2.35. The Morgan fingerprint density at radius 1 is 1.45 bits per heavy atom. The van der Waals surface area contributed by atoms with Gasteiger partial charge in [0.1, 0.15) is 6.54 Å². The molecule has 20 heavy (non-hydrogen) atoms. The first-order valence-electron chi connectivity index (χ1n) is 6.47.